The van der Waals surface area contributed by atoms with Gasteiger partial charge in [0, 0.05) is 12.5 Å². The van der Waals surface area contributed by atoms with Gasteiger partial charge in [-0.15, -0.1) is 12.4 Å². The molecule has 102 valence electrons. The first-order valence-electron chi connectivity index (χ1n) is 6.33. The molecule has 1 aliphatic rings. The summed E-state index contributed by atoms with van der Waals surface area (Å²) >= 11 is 0. The number of nitrogens with zero attached hydrogens (tertiary/aromatic N) is 1. The van der Waals surface area contributed by atoms with E-state index in [0.717, 1.165) is 25.6 Å². The lowest BCUT2D eigenvalue weighted by Gasteiger charge is -2.33. The molecule has 1 rings (SSSR count). The van der Waals surface area contributed by atoms with Gasteiger partial charge in [-0.25, -0.2) is 5.48 Å². The topological polar surface area (TPSA) is 52.6 Å². The standard InChI is InChI=1S/C12H24N2O2.ClH/c1-3-4-11-5-7-14(8-6-11)9-10(2)12(15)13-16;/h10-11,16H,3-9H2,1-2H3,(H,13,15);1H. The van der Waals surface area contributed by atoms with Crippen LogP contribution in [0.3, 0.4) is 0 Å². The highest BCUT2D eigenvalue weighted by atomic mass is 35.5. The predicted octanol–water partition coefficient (Wildman–Crippen LogP) is 2.06. The van der Waals surface area contributed by atoms with E-state index in [4.69, 9.17) is 5.21 Å². The van der Waals surface area contributed by atoms with Crippen molar-refractivity contribution < 1.29 is 10.0 Å². The minimum atomic E-state index is -0.282. The smallest absolute Gasteiger partial charge is 0.247 e. The van der Waals surface area contributed by atoms with Crippen LogP contribution in [0.25, 0.3) is 0 Å². The zero-order valence-electron chi connectivity index (χ0n) is 10.8. The van der Waals surface area contributed by atoms with Crippen LogP contribution in [0.1, 0.15) is 39.5 Å². The summed E-state index contributed by atoms with van der Waals surface area (Å²) in [6.07, 6.45) is 5.11. The molecule has 1 saturated heterocycles. The first kappa shape index (κ1) is 16.7. The van der Waals surface area contributed by atoms with Crippen molar-refractivity contribution in [3.8, 4) is 0 Å². The number of halogens is 1. The van der Waals surface area contributed by atoms with Crippen LogP contribution in [-0.4, -0.2) is 35.6 Å². The maximum absolute atomic E-state index is 11.2. The van der Waals surface area contributed by atoms with Crippen LogP contribution in [0.5, 0.6) is 0 Å². The third kappa shape index (κ3) is 5.70. The Hall–Kier alpha value is -0.320. The van der Waals surface area contributed by atoms with E-state index in [2.05, 4.69) is 11.8 Å². The van der Waals surface area contributed by atoms with Crippen LogP contribution in [0, 0.1) is 11.8 Å². The number of carbonyl (C=O) groups is 1. The summed E-state index contributed by atoms with van der Waals surface area (Å²) in [4.78, 5) is 13.5. The number of amides is 1. The number of likely N-dealkylation sites (tertiary alicyclic amines) is 1. The number of nitrogens with one attached hydrogen (secondary N) is 1. The lowest BCUT2D eigenvalue weighted by Crippen LogP contribution is -2.40. The normalized spacial score (nSPS) is 19.5. The fraction of sp³-hybridized carbons (Fsp3) is 0.917. The summed E-state index contributed by atoms with van der Waals surface area (Å²) < 4.78 is 0. The summed E-state index contributed by atoms with van der Waals surface area (Å²) in [7, 11) is 0. The molecule has 0 saturated carbocycles. The molecule has 0 aromatic heterocycles. The van der Waals surface area contributed by atoms with E-state index in [1.807, 2.05) is 6.92 Å². The number of piperidine rings is 1. The van der Waals surface area contributed by atoms with E-state index in [-0.39, 0.29) is 24.2 Å². The zero-order chi connectivity index (χ0) is 12.0. The predicted molar refractivity (Wildman–Crippen MR) is 70.4 cm³/mol. The van der Waals surface area contributed by atoms with Crippen LogP contribution in [0.4, 0.5) is 0 Å². The van der Waals surface area contributed by atoms with Gasteiger partial charge in [0.2, 0.25) is 5.91 Å². The van der Waals surface area contributed by atoms with E-state index >= 15 is 0 Å². The number of carbonyl (C=O) groups excluding carboxylic acids is 1. The van der Waals surface area contributed by atoms with Crippen molar-refractivity contribution >= 4 is 18.3 Å². The van der Waals surface area contributed by atoms with Gasteiger partial charge in [0.15, 0.2) is 0 Å². The van der Waals surface area contributed by atoms with E-state index in [9.17, 15) is 4.79 Å². The van der Waals surface area contributed by atoms with Gasteiger partial charge >= 0.3 is 0 Å². The van der Waals surface area contributed by atoms with Crippen molar-refractivity contribution in [1.29, 1.82) is 0 Å². The quantitative estimate of drug-likeness (QED) is 0.590. The number of rotatable bonds is 5. The summed E-state index contributed by atoms with van der Waals surface area (Å²) in [5.74, 6) is 0.464. The monoisotopic (exact) mass is 264 g/mol. The van der Waals surface area contributed by atoms with Crippen molar-refractivity contribution in [2.75, 3.05) is 19.6 Å². The van der Waals surface area contributed by atoms with Crippen LogP contribution >= 0.6 is 12.4 Å². The number of hydrogen-bond acceptors (Lipinski definition) is 3. The molecule has 0 aliphatic carbocycles. The Morgan fingerprint density at radius 1 is 1.47 bits per heavy atom. The summed E-state index contributed by atoms with van der Waals surface area (Å²) in [6.45, 7) is 7.02. The minimum Gasteiger partial charge on any atom is -0.303 e. The zero-order valence-corrected chi connectivity index (χ0v) is 11.6. The second-order valence-electron chi connectivity index (χ2n) is 4.91. The summed E-state index contributed by atoms with van der Waals surface area (Å²) in [5, 5.41) is 8.53. The van der Waals surface area contributed by atoms with Crippen molar-refractivity contribution in [2.45, 2.75) is 39.5 Å². The second-order valence-corrected chi connectivity index (χ2v) is 4.91. The third-order valence-corrected chi connectivity index (χ3v) is 3.49. The van der Waals surface area contributed by atoms with Crippen LogP contribution in [0.15, 0.2) is 0 Å². The lowest BCUT2D eigenvalue weighted by molar-refractivity contribution is -0.133. The Morgan fingerprint density at radius 2 is 2.06 bits per heavy atom. The molecule has 0 aromatic rings. The molecule has 0 spiro atoms. The van der Waals surface area contributed by atoms with Gasteiger partial charge in [-0.1, -0.05) is 26.7 Å². The molecule has 1 fully saturated rings. The third-order valence-electron chi connectivity index (χ3n) is 3.49. The molecule has 1 aliphatic heterocycles. The molecule has 1 heterocycles. The molecular formula is C12H25ClN2O2. The fourth-order valence-electron chi connectivity index (χ4n) is 2.45. The first-order chi connectivity index (χ1) is 7.67. The van der Waals surface area contributed by atoms with Gasteiger partial charge in [0.05, 0.1) is 0 Å². The van der Waals surface area contributed by atoms with Gasteiger partial charge in [0.1, 0.15) is 0 Å². The molecule has 1 unspecified atom stereocenters. The van der Waals surface area contributed by atoms with Gasteiger partial charge in [0.25, 0.3) is 0 Å². The Kier molecular flexibility index (Phi) is 8.56. The van der Waals surface area contributed by atoms with Gasteiger partial charge in [-0.3, -0.25) is 10.0 Å². The fourth-order valence-corrected chi connectivity index (χ4v) is 2.45. The van der Waals surface area contributed by atoms with E-state index in [0.29, 0.717) is 0 Å². The average Bonchev–Trinajstić information content (AvgIpc) is 2.31. The molecule has 17 heavy (non-hydrogen) atoms. The Labute approximate surface area is 110 Å². The largest absolute Gasteiger partial charge is 0.303 e. The van der Waals surface area contributed by atoms with Crippen LogP contribution < -0.4 is 5.48 Å². The highest BCUT2D eigenvalue weighted by Gasteiger charge is 2.22. The SMILES string of the molecule is CCCC1CCN(CC(C)C(=O)NO)CC1.Cl. The highest BCUT2D eigenvalue weighted by Crippen LogP contribution is 2.22. The molecule has 1 atom stereocenters. The van der Waals surface area contributed by atoms with Crippen molar-refractivity contribution in [1.82, 2.24) is 10.4 Å². The highest BCUT2D eigenvalue weighted by molar-refractivity contribution is 5.85. The Morgan fingerprint density at radius 3 is 2.53 bits per heavy atom. The molecule has 4 nitrogen and oxygen atoms in total. The van der Waals surface area contributed by atoms with E-state index in [1.54, 1.807) is 5.48 Å². The van der Waals surface area contributed by atoms with Crippen molar-refractivity contribution in [3.63, 3.8) is 0 Å². The van der Waals surface area contributed by atoms with Crippen LogP contribution in [-0.2, 0) is 4.79 Å². The lowest BCUT2D eigenvalue weighted by atomic mass is 9.92. The molecule has 5 heteroatoms. The van der Waals surface area contributed by atoms with Crippen molar-refractivity contribution in [3.05, 3.63) is 0 Å². The molecular weight excluding hydrogens is 240 g/mol. The maximum Gasteiger partial charge on any atom is 0.247 e. The maximum atomic E-state index is 11.2. The van der Waals surface area contributed by atoms with Gasteiger partial charge in [-0.05, 0) is 31.8 Å². The number of hydroxylamine groups is 1. The van der Waals surface area contributed by atoms with E-state index < -0.39 is 0 Å². The summed E-state index contributed by atoms with van der Waals surface area (Å²) in [6, 6.07) is 0. The second kappa shape index (κ2) is 8.72. The van der Waals surface area contributed by atoms with Gasteiger partial charge in [-0.2, -0.15) is 0 Å². The average molecular weight is 265 g/mol. The van der Waals surface area contributed by atoms with Gasteiger partial charge < -0.3 is 4.90 Å². The molecule has 1 amide bonds. The minimum absolute atomic E-state index is 0. The number of hydrogen-bond donors (Lipinski definition) is 2. The summed E-state index contributed by atoms with van der Waals surface area (Å²) in [5.41, 5.74) is 1.72. The molecule has 2 N–H and O–H groups in total. The first-order valence-corrected chi connectivity index (χ1v) is 6.33. The molecule has 0 radical (unpaired) electrons. The molecule has 0 aromatic carbocycles. The van der Waals surface area contributed by atoms with E-state index in [1.165, 1.54) is 25.7 Å². The van der Waals surface area contributed by atoms with Crippen LogP contribution in [0.2, 0.25) is 0 Å². The van der Waals surface area contributed by atoms with Crippen molar-refractivity contribution in [2.24, 2.45) is 11.8 Å². The Balaban J connectivity index is 0.00000256. The molecule has 0 bridgehead atoms. The Bertz CT molecular complexity index is 219.